The Hall–Kier alpha value is -0.650. The number of hydrogen-bond donors (Lipinski definition) is 4. The second-order valence-corrected chi connectivity index (χ2v) is 5.22. The van der Waals surface area contributed by atoms with Crippen molar-refractivity contribution in [3.05, 3.63) is 0 Å². The van der Waals surface area contributed by atoms with E-state index >= 15 is 0 Å². The molecule has 1 aliphatic rings. The first-order chi connectivity index (χ1) is 8.56. The van der Waals surface area contributed by atoms with Gasteiger partial charge in [-0.15, -0.1) is 0 Å². The Balaban J connectivity index is 2.38. The number of nitrogens with two attached hydrogens (primary N) is 1. The van der Waals surface area contributed by atoms with E-state index in [9.17, 15) is 15.0 Å². The van der Waals surface area contributed by atoms with Gasteiger partial charge in [0.25, 0.3) is 5.91 Å². The fourth-order valence-corrected chi connectivity index (χ4v) is 2.34. The van der Waals surface area contributed by atoms with Gasteiger partial charge in [0.05, 0.1) is 12.1 Å². The van der Waals surface area contributed by atoms with Crippen molar-refractivity contribution < 1.29 is 15.0 Å². The molecular formula is C13H26N2O3. The monoisotopic (exact) mass is 258 g/mol. The summed E-state index contributed by atoms with van der Waals surface area (Å²) in [4.78, 5) is 11.8. The van der Waals surface area contributed by atoms with E-state index in [4.69, 9.17) is 5.73 Å². The largest absolute Gasteiger partial charge is 0.391 e. The molecule has 5 heteroatoms. The number of rotatable bonds is 6. The standard InChI is InChI=1S/C13H26N2O3/c1-2-3-6-9(14)12(17)13(18)15-10-7-4-5-8-11(10)16/h9-12,16-17H,2-8,14H2,1H3,(H,15,18)/t9-,10-,11-,12-/m0/s1. The number of carbonyl (C=O) groups is 1. The summed E-state index contributed by atoms with van der Waals surface area (Å²) in [5, 5.41) is 22.3. The van der Waals surface area contributed by atoms with Crippen LogP contribution in [0.25, 0.3) is 0 Å². The van der Waals surface area contributed by atoms with Gasteiger partial charge in [-0.2, -0.15) is 0 Å². The Morgan fingerprint density at radius 3 is 2.72 bits per heavy atom. The topological polar surface area (TPSA) is 95.6 Å². The van der Waals surface area contributed by atoms with E-state index in [1.165, 1.54) is 0 Å². The smallest absolute Gasteiger partial charge is 0.250 e. The zero-order valence-electron chi connectivity index (χ0n) is 11.1. The minimum atomic E-state index is -1.18. The van der Waals surface area contributed by atoms with Crippen molar-refractivity contribution in [2.45, 2.75) is 76.2 Å². The third kappa shape index (κ3) is 4.55. The number of amides is 1. The molecule has 0 aliphatic heterocycles. The predicted molar refractivity (Wildman–Crippen MR) is 69.9 cm³/mol. The first kappa shape index (κ1) is 15.4. The molecule has 0 radical (unpaired) electrons. The van der Waals surface area contributed by atoms with Crippen molar-refractivity contribution in [3.8, 4) is 0 Å². The van der Waals surface area contributed by atoms with Crippen LogP contribution in [0.1, 0.15) is 51.9 Å². The highest BCUT2D eigenvalue weighted by Gasteiger charge is 2.29. The van der Waals surface area contributed by atoms with Crippen LogP contribution in [0.2, 0.25) is 0 Å². The molecule has 1 saturated carbocycles. The van der Waals surface area contributed by atoms with Crippen LogP contribution in [-0.2, 0) is 4.79 Å². The summed E-state index contributed by atoms with van der Waals surface area (Å²) in [7, 11) is 0. The highest BCUT2D eigenvalue weighted by atomic mass is 16.3. The molecule has 0 aromatic rings. The number of carbonyl (C=O) groups excluding carboxylic acids is 1. The van der Waals surface area contributed by atoms with Crippen LogP contribution in [0.4, 0.5) is 0 Å². The maximum absolute atomic E-state index is 11.8. The third-order valence-corrected chi connectivity index (χ3v) is 3.62. The van der Waals surface area contributed by atoms with Crippen molar-refractivity contribution >= 4 is 5.91 Å². The Morgan fingerprint density at radius 2 is 2.11 bits per heavy atom. The Bertz CT molecular complexity index is 261. The lowest BCUT2D eigenvalue weighted by Gasteiger charge is -2.30. The molecule has 0 bridgehead atoms. The molecule has 1 amide bonds. The maximum Gasteiger partial charge on any atom is 0.250 e. The van der Waals surface area contributed by atoms with Crippen molar-refractivity contribution in [1.29, 1.82) is 0 Å². The lowest BCUT2D eigenvalue weighted by Crippen LogP contribution is -2.52. The molecule has 5 N–H and O–H groups in total. The van der Waals surface area contributed by atoms with Crippen LogP contribution in [-0.4, -0.2) is 40.4 Å². The van der Waals surface area contributed by atoms with Gasteiger partial charge in [0.15, 0.2) is 0 Å². The number of nitrogens with one attached hydrogen (secondary N) is 1. The van der Waals surface area contributed by atoms with Crippen LogP contribution in [0.3, 0.4) is 0 Å². The molecular weight excluding hydrogens is 232 g/mol. The lowest BCUT2D eigenvalue weighted by atomic mass is 9.92. The number of aliphatic hydroxyl groups is 2. The molecule has 18 heavy (non-hydrogen) atoms. The first-order valence-corrected chi connectivity index (χ1v) is 6.98. The molecule has 5 nitrogen and oxygen atoms in total. The van der Waals surface area contributed by atoms with E-state index < -0.39 is 24.2 Å². The highest BCUT2D eigenvalue weighted by Crippen LogP contribution is 2.18. The summed E-state index contributed by atoms with van der Waals surface area (Å²) in [6, 6.07) is -0.759. The van der Waals surface area contributed by atoms with E-state index in [1.54, 1.807) is 0 Å². The SMILES string of the molecule is CCCC[C@H](N)[C@H](O)C(=O)N[C@H]1CCCC[C@@H]1O. The van der Waals surface area contributed by atoms with Gasteiger partial charge < -0.3 is 21.3 Å². The number of aliphatic hydroxyl groups excluding tert-OH is 2. The van der Waals surface area contributed by atoms with E-state index in [0.717, 1.165) is 32.1 Å². The van der Waals surface area contributed by atoms with Crippen LogP contribution < -0.4 is 11.1 Å². The summed E-state index contributed by atoms with van der Waals surface area (Å²) in [5.74, 6) is -0.454. The Labute approximate surface area is 109 Å². The van der Waals surface area contributed by atoms with E-state index in [1.807, 2.05) is 6.92 Å². The molecule has 0 heterocycles. The predicted octanol–water partition coefficient (Wildman–Crippen LogP) is 0.285. The zero-order valence-corrected chi connectivity index (χ0v) is 11.1. The first-order valence-electron chi connectivity index (χ1n) is 6.98. The van der Waals surface area contributed by atoms with Gasteiger partial charge in [0, 0.05) is 6.04 Å². The van der Waals surface area contributed by atoms with Gasteiger partial charge in [-0.05, 0) is 19.3 Å². The van der Waals surface area contributed by atoms with Crippen molar-refractivity contribution in [2.75, 3.05) is 0 Å². The van der Waals surface area contributed by atoms with E-state index in [0.29, 0.717) is 12.8 Å². The summed E-state index contributed by atoms with van der Waals surface area (Å²) in [6.07, 6.45) is 4.32. The minimum absolute atomic E-state index is 0.237. The van der Waals surface area contributed by atoms with Crippen molar-refractivity contribution in [1.82, 2.24) is 5.32 Å². The summed E-state index contributed by atoms with van der Waals surface area (Å²) in [6.45, 7) is 2.04. The van der Waals surface area contributed by atoms with Gasteiger partial charge in [-0.25, -0.2) is 0 Å². The molecule has 0 spiro atoms. The number of unbranched alkanes of at least 4 members (excludes halogenated alkanes) is 1. The zero-order chi connectivity index (χ0) is 13.5. The molecule has 1 fully saturated rings. The van der Waals surface area contributed by atoms with Crippen molar-refractivity contribution in [2.24, 2.45) is 5.73 Å². The second kappa shape index (κ2) is 7.71. The molecule has 1 rings (SSSR count). The summed E-state index contributed by atoms with van der Waals surface area (Å²) < 4.78 is 0. The van der Waals surface area contributed by atoms with E-state index in [-0.39, 0.29) is 6.04 Å². The minimum Gasteiger partial charge on any atom is -0.391 e. The molecule has 106 valence electrons. The van der Waals surface area contributed by atoms with Crippen LogP contribution >= 0.6 is 0 Å². The molecule has 0 unspecified atom stereocenters. The summed E-state index contributed by atoms with van der Waals surface area (Å²) in [5.41, 5.74) is 5.77. The van der Waals surface area contributed by atoms with Crippen molar-refractivity contribution in [3.63, 3.8) is 0 Å². The summed E-state index contributed by atoms with van der Waals surface area (Å²) >= 11 is 0. The van der Waals surface area contributed by atoms with Gasteiger partial charge in [-0.1, -0.05) is 32.6 Å². The highest BCUT2D eigenvalue weighted by molar-refractivity contribution is 5.81. The van der Waals surface area contributed by atoms with Gasteiger partial charge in [-0.3, -0.25) is 4.79 Å². The molecule has 0 aromatic carbocycles. The van der Waals surface area contributed by atoms with Gasteiger partial charge >= 0.3 is 0 Å². The average molecular weight is 258 g/mol. The molecule has 0 saturated heterocycles. The van der Waals surface area contributed by atoms with E-state index in [2.05, 4.69) is 5.32 Å². The molecule has 1 aliphatic carbocycles. The Morgan fingerprint density at radius 1 is 1.44 bits per heavy atom. The van der Waals surface area contributed by atoms with Crippen LogP contribution in [0, 0.1) is 0 Å². The maximum atomic E-state index is 11.8. The van der Waals surface area contributed by atoms with Crippen LogP contribution in [0.5, 0.6) is 0 Å². The van der Waals surface area contributed by atoms with Crippen LogP contribution in [0.15, 0.2) is 0 Å². The molecule has 4 atom stereocenters. The Kier molecular flexibility index (Phi) is 6.60. The van der Waals surface area contributed by atoms with Gasteiger partial charge in [0.1, 0.15) is 6.10 Å². The second-order valence-electron chi connectivity index (χ2n) is 5.22. The lowest BCUT2D eigenvalue weighted by molar-refractivity contribution is -0.132. The molecule has 0 aromatic heterocycles. The van der Waals surface area contributed by atoms with Gasteiger partial charge in [0.2, 0.25) is 0 Å². The normalized spacial score (nSPS) is 27.6. The fraction of sp³-hybridized carbons (Fsp3) is 0.923. The number of hydrogen-bond acceptors (Lipinski definition) is 4. The average Bonchev–Trinajstić information content (AvgIpc) is 2.37. The quantitative estimate of drug-likeness (QED) is 0.550. The fourth-order valence-electron chi connectivity index (χ4n) is 2.34. The third-order valence-electron chi connectivity index (χ3n) is 3.62.